The maximum Gasteiger partial charge on any atom is 0.0587 e. The average Bonchev–Trinajstić information content (AvgIpc) is 2.76. The van der Waals surface area contributed by atoms with Crippen molar-refractivity contribution in [2.24, 2.45) is 0 Å². The van der Waals surface area contributed by atoms with Crippen LogP contribution in [0.15, 0.2) is 12.3 Å². The Hall–Kier alpha value is -0.800. The van der Waals surface area contributed by atoms with Gasteiger partial charge in [0, 0.05) is 24.5 Å². The Bertz CT molecular complexity index is 295. The number of aliphatic hydroxyl groups excluding tert-OH is 1. The van der Waals surface area contributed by atoms with E-state index < -0.39 is 0 Å². The Morgan fingerprint density at radius 3 is 3.14 bits per heavy atom. The highest BCUT2D eigenvalue weighted by atomic mass is 16.3. The van der Waals surface area contributed by atoms with E-state index in [9.17, 15) is 5.11 Å². The number of hydrogen-bond donors (Lipinski definition) is 2. The zero-order chi connectivity index (χ0) is 9.97. The van der Waals surface area contributed by atoms with Crippen LogP contribution in [0.4, 0.5) is 0 Å². The van der Waals surface area contributed by atoms with E-state index in [0.29, 0.717) is 12.6 Å². The lowest BCUT2D eigenvalue weighted by atomic mass is 10.2. The molecule has 1 atom stereocenters. The molecule has 0 saturated carbocycles. The monoisotopic (exact) mass is 194 g/mol. The number of hydrogen-bond acceptors (Lipinski definition) is 2. The molecule has 0 radical (unpaired) electrons. The number of aliphatic hydroxyl groups is 1. The van der Waals surface area contributed by atoms with Gasteiger partial charge in [-0.2, -0.15) is 0 Å². The van der Waals surface area contributed by atoms with E-state index in [-0.39, 0.29) is 0 Å². The van der Waals surface area contributed by atoms with Gasteiger partial charge in [-0.15, -0.1) is 0 Å². The van der Waals surface area contributed by atoms with Gasteiger partial charge in [0.05, 0.1) is 6.61 Å². The van der Waals surface area contributed by atoms with Gasteiger partial charge in [-0.05, 0) is 37.9 Å². The number of rotatable bonds is 3. The molecule has 1 aliphatic heterocycles. The first-order valence-electron chi connectivity index (χ1n) is 5.28. The number of likely N-dealkylation sites (tertiary alicyclic amines) is 1. The lowest BCUT2D eigenvalue weighted by Gasteiger charge is -2.21. The molecule has 2 rings (SSSR count). The smallest absolute Gasteiger partial charge is 0.0587 e. The number of H-pyrrole nitrogens is 1. The van der Waals surface area contributed by atoms with Gasteiger partial charge in [0.1, 0.15) is 0 Å². The molecule has 2 N–H and O–H groups in total. The summed E-state index contributed by atoms with van der Waals surface area (Å²) in [5.74, 6) is 0. The molecular weight excluding hydrogens is 176 g/mol. The summed E-state index contributed by atoms with van der Waals surface area (Å²) in [6.07, 6.45) is 4.41. The van der Waals surface area contributed by atoms with Crippen molar-refractivity contribution in [2.75, 3.05) is 13.2 Å². The first-order chi connectivity index (χ1) is 6.79. The second-order valence-corrected chi connectivity index (χ2v) is 4.14. The second kappa shape index (κ2) is 4.15. The van der Waals surface area contributed by atoms with Crippen molar-refractivity contribution in [3.05, 3.63) is 23.5 Å². The van der Waals surface area contributed by atoms with Crippen LogP contribution in [0.5, 0.6) is 0 Å². The Morgan fingerprint density at radius 2 is 2.50 bits per heavy atom. The molecule has 1 aliphatic rings. The zero-order valence-corrected chi connectivity index (χ0v) is 8.66. The quantitative estimate of drug-likeness (QED) is 0.761. The number of nitrogens with zero attached hydrogens (tertiary/aromatic N) is 1. The van der Waals surface area contributed by atoms with Gasteiger partial charge in [-0.3, -0.25) is 4.90 Å². The SMILES string of the molecule is Cc1cc(CN2CCCC2CO)c[nH]1. The van der Waals surface area contributed by atoms with E-state index in [1.807, 2.05) is 0 Å². The minimum absolute atomic E-state index is 0.295. The molecule has 0 bridgehead atoms. The number of aromatic nitrogens is 1. The second-order valence-electron chi connectivity index (χ2n) is 4.14. The van der Waals surface area contributed by atoms with Crippen molar-refractivity contribution in [1.82, 2.24) is 9.88 Å². The van der Waals surface area contributed by atoms with Crippen LogP contribution < -0.4 is 0 Å². The van der Waals surface area contributed by atoms with Crippen molar-refractivity contribution in [2.45, 2.75) is 32.4 Å². The van der Waals surface area contributed by atoms with Crippen LogP contribution >= 0.6 is 0 Å². The molecule has 1 unspecified atom stereocenters. The van der Waals surface area contributed by atoms with Gasteiger partial charge < -0.3 is 10.1 Å². The van der Waals surface area contributed by atoms with Crippen LogP contribution in [0.3, 0.4) is 0 Å². The summed E-state index contributed by atoms with van der Waals surface area (Å²) < 4.78 is 0. The fourth-order valence-corrected chi connectivity index (χ4v) is 2.20. The first-order valence-corrected chi connectivity index (χ1v) is 5.28. The molecule has 0 amide bonds. The molecule has 14 heavy (non-hydrogen) atoms. The zero-order valence-electron chi connectivity index (χ0n) is 8.66. The first kappa shape index (κ1) is 9.74. The summed E-state index contributed by atoms with van der Waals surface area (Å²) in [7, 11) is 0. The molecule has 1 aromatic heterocycles. The van der Waals surface area contributed by atoms with Gasteiger partial charge in [0.2, 0.25) is 0 Å². The van der Waals surface area contributed by atoms with Crippen molar-refractivity contribution >= 4 is 0 Å². The molecule has 78 valence electrons. The highest BCUT2D eigenvalue weighted by molar-refractivity contribution is 5.15. The van der Waals surface area contributed by atoms with Crippen LogP contribution in [0.2, 0.25) is 0 Å². The van der Waals surface area contributed by atoms with E-state index in [2.05, 4.69) is 29.1 Å². The molecule has 0 aliphatic carbocycles. The van der Waals surface area contributed by atoms with Gasteiger partial charge >= 0.3 is 0 Å². The van der Waals surface area contributed by atoms with Crippen molar-refractivity contribution in [3.8, 4) is 0 Å². The average molecular weight is 194 g/mol. The summed E-state index contributed by atoms with van der Waals surface area (Å²) in [6.45, 7) is 4.45. The maximum absolute atomic E-state index is 9.17. The summed E-state index contributed by atoms with van der Waals surface area (Å²) in [5, 5.41) is 9.17. The highest BCUT2D eigenvalue weighted by Gasteiger charge is 2.23. The minimum Gasteiger partial charge on any atom is -0.395 e. The Kier molecular flexibility index (Phi) is 2.89. The van der Waals surface area contributed by atoms with Crippen molar-refractivity contribution in [3.63, 3.8) is 0 Å². The van der Waals surface area contributed by atoms with Gasteiger partial charge in [0.25, 0.3) is 0 Å². The summed E-state index contributed by atoms with van der Waals surface area (Å²) >= 11 is 0. The third-order valence-electron chi connectivity index (χ3n) is 2.98. The van der Waals surface area contributed by atoms with Crippen molar-refractivity contribution < 1.29 is 5.11 Å². The molecule has 1 aromatic rings. The van der Waals surface area contributed by atoms with Crippen LogP contribution in [0, 0.1) is 6.92 Å². The molecular formula is C11H18N2O. The molecule has 3 heteroatoms. The van der Waals surface area contributed by atoms with Crippen LogP contribution in [-0.2, 0) is 6.54 Å². The van der Waals surface area contributed by atoms with Crippen molar-refractivity contribution in [1.29, 1.82) is 0 Å². The predicted molar refractivity (Wildman–Crippen MR) is 56.0 cm³/mol. The Balaban J connectivity index is 1.96. The summed E-state index contributed by atoms with van der Waals surface area (Å²) in [5.41, 5.74) is 2.53. The third kappa shape index (κ3) is 1.99. The fraction of sp³-hybridized carbons (Fsp3) is 0.636. The summed E-state index contributed by atoms with van der Waals surface area (Å²) in [4.78, 5) is 5.55. The predicted octanol–water partition coefficient (Wildman–Crippen LogP) is 1.28. The van der Waals surface area contributed by atoms with Crippen LogP contribution in [0.25, 0.3) is 0 Å². The van der Waals surface area contributed by atoms with Gasteiger partial charge in [0.15, 0.2) is 0 Å². The molecule has 1 fully saturated rings. The maximum atomic E-state index is 9.17. The van der Waals surface area contributed by atoms with E-state index in [4.69, 9.17) is 0 Å². The largest absolute Gasteiger partial charge is 0.395 e. The number of aromatic amines is 1. The van der Waals surface area contributed by atoms with Gasteiger partial charge in [-0.1, -0.05) is 0 Å². The topological polar surface area (TPSA) is 39.3 Å². The molecule has 1 saturated heterocycles. The van der Waals surface area contributed by atoms with E-state index in [1.165, 1.54) is 17.7 Å². The lowest BCUT2D eigenvalue weighted by Crippen LogP contribution is -2.31. The van der Waals surface area contributed by atoms with Crippen LogP contribution in [-0.4, -0.2) is 34.2 Å². The molecule has 2 heterocycles. The third-order valence-corrected chi connectivity index (χ3v) is 2.98. The normalized spacial score (nSPS) is 23.1. The minimum atomic E-state index is 0.295. The summed E-state index contributed by atoms with van der Waals surface area (Å²) in [6, 6.07) is 2.55. The molecule has 0 aromatic carbocycles. The Labute approximate surface area is 84.7 Å². The van der Waals surface area contributed by atoms with E-state index >= 15 is 0 Å². The lowest BCUT2D eigenvalue weighted by molar-refractivity contribution is 0.153. The fourth-order valence-electron chi connectivity index (χ4n) is 2.20. The highest BCUT2D eigenvalue weighted by Crippen LogP contribution is 2.19. The Morgan fingerprint density at radius 1 is 1.64 bits per heavy atom. The molecule has 0 spiro atoms. The van der Waals surface area contributed by atoms with E-state index in [0.717, 1.165) is 19.5 Å². The number of aryl methyl sites for hydroxylation is 1. The molecule has 3 nitrogen and oxygen atoms in total. The standard InChI is InChI=1S/C11H18N2O/c1-9-5-10(6-12-9)7-13-4-2-3-11(13)8-14/h5-6,11-12,14H,2-4,7-8H2,1H3. The van der Waals surface area contributed by atoms with Crippen LogP contribution in [0.1, 0.15) is 24.1 Å². The number of nitrogens with one attached hydrogen (secondary N) is 1. The van der Waals surface area contributed by atoms with Gasteiger partial charge in [-0.25, -0.2) is 0 Å². The van der Waals surface area contributed by atoms with E-state index in [1.54, 1.807) is 0 Å².